The summed E-state index contributed by atoms with van der Waals surface area (Å²) in [4.78, 5) is 28.5. The molecular formula is C22H22N4O4S. The van der Waals surface area contributed by atoms with Gasteiger partial charge in [-0.3, -0.25) is 14.5 Å². The minimum Gasteiger partial charge on any atom is -0.454 e. The first-order valence-electron chi connectivity index (χ1n) is 9.71. The van der Waals surface area contributed by atoms with Crippen LogP contribution in [-0.2, 0) is 4.79 Å². The Morgan fingerprint density at radius 2 is 1.84 bits per heavy atom. The molecule has 0 bridgehead atoms. The maximum atomic E-state index is 13.6. The lowest BCUT2D eigenvalue weighted by Gasteiger charge is -2.33. The van der Waals surface area contributed by atoms with Crippen molar-refractivity contribution in [2.45, 2.75) is 32.4 Å². The van der Waals surface area contributed by atoms with Crippen molar-refractivity contribution in [2.75, 3.05) is 11.7 Å². The summed E-state index contributed by atoms with van der Waals surface area (Å²) in [6, 6.07) is 13.4. The quantitative estimate of drug-likeness (QED) is 0.655. The van der Waals surface area contributed by atoms with E-state index in [1.807, 2.05) is 51.1 Å². The molecule has 1 aromatic heterocycles. The van der Waals surface area contributed by atoms with Gasteiger partial charge in [0.2, 0.25) is 12.7 Å². The van der Waals surface area contributed by atoms with E-state index in [-0.39, 0.29) is 18.4 Å². The third-order valence-corrected chi connectivity index (χ3v) is 5.06. The van der Waals surface area contributed by atoms with Crippen LogP contribution in [0.1, 0.15) is 42.9 Å². The lowest BCUT2D eigenvalue weighted by atomic mass is 10.0. The SMILES string of the molecule is CC(C)(C)NC(=O)[C@@H](c1ccccc1)N(C(=O)c1csnn1)c1ccc2c(c1)OCO2. The summed E-state index contributed by atoms with van der Waals surface area (Å²) in [5.74, 6) is 0.343. The first kappa shape index (κ1) is 20.8. The lowest BCUT2D eigenvalue weighted by Crippen LogP contribution is -2.49. The molecule has 0 spiro atoms. The standard InChI is InChI=1S/C22H22N4O4S/c1-22(2,3)23-20(27)19(14-7-5-4-6-8-14)26(21(28)16-12-31-25-24-16)15-9-10-17-18(11-15)30-13-29-17/h4-12,19H,13H2,1-3H3,(H,23,27)/t19-/m1/s1. The van der Waals surface area contributed by atoms with Gasteiger partial charge in [0.25, 0.3) is 5.91 Å². The molecule has 1 aliphatic rings. The summed E-state index contributed by atoms with van der Waals surface area (Å²) in [5, 5.41) is 8.49. The number of nitrogens with zero attached hydrogens (tertiary/aromatic N) is 3. The van der Waals surface area contributed by atoms with Crippen molar-refractivity contribution in [1.82, 2.24) is 14.9 Å². The molecule has 1 aliphatic heterocycles. The lowest BCUT2D eigenvalue weighted by molar-refractivity contribution is -0.123. The number of rotatable bonds is 5. The third kappa shape index (κ3) is 4.51. The smallest absolute Gasteiger partial charge is 0.280 e. The summed E-state index contributed by atoms with van der Waals surface area (Å²) in [5.41, 5.74) is 0.821. The Labute approximate surface area is 184 Å². The van der Waals surface area contributed by atoms with Gasteiger partial charge in [-0.15, -0.1) is 5.10 Å². The van der Waals surface area contributed by atoms with Crippen LogP contribution in [0.3, 0.4) is 0 Å². The van der Waals surface area contributed by atoms with Gasteiger partial charge in [0.15, 0.2) is 17.2 Å². The second-order valence-electron chi connectivity index (χ2n) is 8.06. The van der Waals surface area contributed by atoms with Gasteiger partial charge in [0.05, 0.1) is 0 Å². The molecule has 1 atom stereocenters. The zero-order valence-corrected chi connectivity index (χ0v) is 18.2. The molecule has 31 heavy (non-hydrogen) atoms. The van der Waals surface area contributed by atoms with Crippen LogP contribution in [0.5, 0.6) is 11.5 Å². The maximum Gasteiger partial charge on any atom is 0.280 e. The van der Waals surface area contributed by atoms with Crippen LogP contribution in [-0.4, -0.2) is 33.7 Å². The predicted octanol–water partition coefficient (Wildman–Crippen LogP) is 3.57. The van der Waals surface area contributed by atoms with E-state index < -0.39 is 17.5 Å². The summed E-state index contributed by atoms with van der Waals surface area (Å²) in [6.45, 7) is 5.79. The van der Waals surface area contributed by atoms with Crippen molar-refractivity contribution in [3.63, 3.8) is 0 Å². The van der Waals surface area contributed by atoms with Crippen LogP contribution in [0.25, 0.3) is 0 Å². The first-order chi connectivity index (χ1) is 14.8. The minimum absolute atomic E-state index is 0.107. The van der Waals surface area contributed by atoms with Gasteiger partial charge in [-0.25, -0.2) is 0 Å². The minimum atomic E-state index is -0.935. The fourth-order valence-corrected chi connectivity index (χ4v) is 3.72. The highest BCUT2D eigenvalue weighted by atomic mass is 32.1. The van der Waals surface area contributed by atoms with Gasteiger partial charge in [-0.2, -0.15) is 0 Å². The fourth-order valence-electron chi connectivity index (χ4n) is 3.29. The van der Waals surface area contributed by atoms with Crippen LogP contribution < -0.4 is 19.7 Å². The molecule has 2 heterocycles. The molecule has 0 fully saturated rings. The van der Waals surface area contributed by atoms with Crippen LogP contribution in [0.2, 0.25) is 0 Å². The van der Waals surface area contributed by atoms with Gasteiger partial charge in [0, 0.05) is 22.7 Å². The molecule has 1 N–H and O–H groups in total. The molecule has 160 valence electrons. The highest BCUT2D eigenvalue weighted by molar-refractivity contribution is 7.03. The number of amides is 2. The Bertz CT molecular complexity index is 1080. The zero-order chi connectivity index (χ0) is 22.0. The van der Waals surface area contributed by atoms with E-state index in [0.717, 1.165) is 11.5 Å². The topological polar surface area (TPSA) is 93.7 Å². The summed E-state index contributed by atoms with van der Waals surface area (Å²) >= 11 is 1.07. The van der Waals surface area contributed by atoms with E-state index in [1.165, 1.54) is 4.90 Å². The van der Waals surface area contributed by atoms with E-state index in [1.54, 1.807) is 23.6 Å². The van der Waals surface area contributed by atoms with Crippen LogP contribution in [0, 0.1) is 0 Å². The van der Waals surface area contributed by atoms with Crippen molar-refractivity contribution in [3.05, 3.63) is 65.2 Å². The van der Waals surface area contributed by atoms with Gasteiger partial charge in [-0.1, -0.05) is 34.8 Å². The second-order valence-corrected chi connectivity index (χ2v) is 8.67. The van der Waals surface area contributed by atoms with Gasteiger partial charge in [0.1, 0.15) is 6.04 Å². The van der Waals surface area contributed by atoms with E-state index in [9.17, 15) is 9.59 Å². The maximum absolute atomic E-state index is 13.6. The van der Waals surface area contributed by atoms with Crippen LogP contribution >= 0.6 is 11.5 Å². The third-order valence-electron chi connectivity index (χ3n) is 4.55. The summed E-state index contributed by atoms with van der Waals surface area (Å²) in [6.07, 6.45) is 0. The normalized spacial score (nSPS) is 13.5. The number of fused-ring (bicyclic) bond motifs is 1. The number of hydrogen-bond acceptors (Lipinski definition) is 7. The molecule has 2 amide bonds. The number of carbonyl (C=O) groups is 2. The highest BCUT2D eigenvalue weighted by Gasteiger charge is 2.36. The van der Waals surface area contributed by atoms with Gasteiger partial charge in [-0.05, 0) is 50.0 Å². The number of ether oxygens (including phenoxy) is 2. The van der Waals surface area contributed by atoms with Crippen molar-refractivity contribution < 1.29 is 19.1 Å². The molecule has 2 aromatic carbocycles. The Morgan fingerprint density at radius 1 is 1.10 bits per heavy atom. The zero-order valence-electron chi connectivity index (χ0n) is 17.4. The number of nitrogens with one attached hydrogen (secondary N) is 1. The Hall–Kier alpha value is -3.46. The average molecular weight is 439 g/mol. The van der Waals surface area contributed by atoms with Crippen molar-refractivity contribution in [3.8, 4) is 11.5 Å². The van der Waals surface area contributed by atoms with Crippen LogP contribution in [0.4, 0.5) is 5.69 Å². The fraction of sp³-hybridized carbons (Fsp3) is 0.273. The largest absolute Gasteiger partial charge is 0.454 e. The van der Waals surface area contributed by atoms with E-state index in [0.29, 0.717) is 22.7 Å². The molecule has 9 heteroatoms. The monoisotopic (exact) mass is 438 g/mol. The van der Waals surface area contributed by atoms with Crippen molar-refractivity contribution in [1.29, 1.82) is 0 Å². The number of carbonyl (C=O) groups excluding carboxylic acids is 2. The molecule has 0 saturated carbocycles. The van der Waals surface area contributed by atoms with E-state index in [4.69, 9.17) is 9.47 Å². The molecule has 0 aliphatic carbocycles. The summed E-state index contributed by atoms with van der Waals surface area (Å²) < 4.78 is 14.7. The highest BCUT2D eigenvalue weighted by Crippen LogP contribution is 2.38. The number of aromatic nitrogens is 2. The molecule has 8 nitrogen and oxygen atoms in total. The second kappa shape index (κ2) is 8.35. The predicted molar refractivity (Wildman–Crippen MR) is 116 cm³/mol. The van der Waals surface area contributed by atoms with Crippen LogP contribution in [0.15, 0.2) is 53.9 Å². The summed E-state index contributed by atoms with van der Waals surface area (Å²) in [7, 11) is 0. The van der Waals surface area contributed by atoms with Gasteiger partial charge < -0.3 is 14.8 Å². The Morgan fingerprint density at radius 3 is 2.52 bits per heavy atom. The van der Waals surface area contributed by atoms with Crippen molar-refractivity contribution >= 4 is 29.0 Å². The van der Waals surface area contributed by atoms with Gasteiger partial charge >= 0.3 is 0 Å². The average Bonchev–Trinajstić information content (AvgIpc) is 3.42. The van der Waals surface area contributed by atoms with E-state index >= 15 is 0 Å². The number of benzene rings is 2. The Balaban J connectivity index is 1.85. The molecule has 3 aromatic rings. The molecule has 0 saturated heterocycles. The first-order valence-corrected chi connectivity index (χ1v) is 10.5. The van der Waals surface area contributed by atoms with Crippen molar-refractivity contribution in [2.24, 2.45) is 0 Å². The molecular weight excluding hydrogens is 416 g/mol. The number of anilines is 1. The molecule has 0 radical (unpaired) electrons. The Kier molecular flexibility index (Phi) is 5.60. The number of hydrogen-bond donors (Lipinski definition) is 1. The molecule has 4 rings (SSSR count). The molecule has 0 unspecified atom stereocenters. The van der Waals surface area contributed by atoms with E-state index in [2.05, 4.69) is 14.9 Å².